The van der Waals surface area contributed by atoms with Gasteiger partial charge >= 0.3 is 0 Å². The number of hydrogen-bond acceptors (Lipinski definition) is 6. The van der Waals surface area contributed by atoms with E-state index >= 15 is 0 Å². The van der Waals surface area contributed by atoms with Crippen LogP contribution >= 0.6 is 0 Å². The Bertz CT molecular complexity index is 1110. The molecule has 0 radical (unpaired) electrons. The van der Waals surface area contributed by atoms with Crippen LogP contribution in [0.2, 0.25) is 0 Å². The van der Waals surface area contributed by atoms with Gasteiger partial charge in [0, 0.05) is 37.6 Å². The standard InChI is InChI=1S/C24H31N3O5S/c1-18-15-20(26-9-3-4-10-26)6-7-21(18)25-24(28)17-19-5-8-22(31-2)23(16-19)33(29,30)27-11-13-32-14-12-27/h5-8,15-16H,3-4,9-14,17H2,1-2H3,(H,25,28). The summed E-state index contributed by atoms with van der Waals surface area (Å²) in [5.74, 6) is 0.0610. The summed E-state index contributed by atoms with van der Waals surface area (Å²) in [6.45, 7) is 5.43. The van der Waals surface area contributed by atoms with Crippen molar-refractivity contribution in [3.63, 3.8) is 0 Å². The molecule has 8 nitrogen and oxygen atoms in total. The molecule has 1 N–H and O–H groups in total. The van der Waals surface area contributed by atoms with Crippen LogP contribution in [0, 0.1) is 6.92 Å². The van der Waals surface area contributed by atoms with E-state index in [4.69, 9.17) is 9.47 Å². The average molecular weight is 474 g/mol. The number of sulfonamides is 1. The van der Waals surface area contributed by atoms with Crippen LogP contribution in [0.5, 0.6) is 5.75 Å². The van der Waals surface area contributed by atoms with Crippen molar-refractivity contribution in [1.29, 1.82) is 0 Å². The van der Waals surface area contributed by atoms with Crippen LogP contribution in [0.15, 0.2) is 41.3 Å². The van der Waals surface area contributed by atoms with E-state index in [2.05, 4.69) is 16.3 Å². The highest BCUT2D eigenvalue weighted by Gasteiger charge is 2.29. The second kappa shape index (κ2) is 10.1. The first-order valence-corrected chi connectivity index (χ1v) is 12.7. The predicted molar refractivity (Wildman–Crippen MR) is 128 cm³/mol. The van der Waals surface area contributed by atoms with Crippen molar-refractivity contribution in [2.75, 3.05) is 56.7 Å². The summed E-state index contributed by atoms with van der Waals surface area (Å²) in [7, 11) is -2.31. The van der Waals surface area contributed by atoms with Gasteiger partial charge in [0.2, 0.25) is 15.9 Å². The van der Waals surface area contributed by atoms with E-state index < -0.39 is 10.0 Å². The highest BCUT2D eigenvalue weighted by atomic mass is 32.2. The Balaban J connectivity index is 1.48. The van der Waals surface area contributed by atoms with Gasteiger partial charge in [0.25, 0.3) is 0 Å². The Hall–Kier alpha value is -2.62. The molecule has 2 fully saturated rings. The molecule has 2 aliphatic rings. The third-order valence-corrected chi connectivity index (χ3v) is 8.06. The molecule has 9 heteroatoms. The number of carbonyl (C=O) groups is 1. The zero-order valence-corrected chi connectivity index (χ0v) is 20.0. The normalized spacial score (nSPS) is 17.2. The number of morpholine rings is 1. The molecule has 33 heavy (non-hydrogen) atoms. The van der Waals surface area contributed by atoms with E-state index in [1.54, 1.807) is 12.1 Å². The number of methoxy groups -OCH3 is 1. The number of carbonyl (C=O) groups excluding carboxylic acids is 1. The Labute approximate surface area is 195 Å². The summed E-state index contributed by atoms with van der Waals surface area (Å²) in [5, 5.41) is 2.96. The minimum atomic E-state index is -3.75. The SMILES string of the molecule is COc1ccc(CC(=O)Nc2ccc(N3CCCC3)cc2C)cc1S(=O)(=O)N1CCOCC1. The zero-order chi connectivity index (χ0) is 23.4. The van der Waals surface area contributed by atoms with Gasteiger partial charge in [-0.05, 0) is 61.2 Å². The van der Waals surface area contributed by atoms with Gasteiger partial charge in [-0.1, -0.05) is 6.07 Å². The van der Waals surface area contributed by atoms with Crippen LogP contribution in [0.3, 0.4) is 0 Å². The molecule has 0 spiro atoms. The van der Waals surface area contributed by atoms with Crippen molar-refractivity contribution >= 4 is 27.3 Å². The lowest BCUT2D eigenvalue weighted by Gasteiger charge is -2.26. The van der Waals surface area contributed by atoms with Gasteiger partial charge in [-0.2, -0.15) is 4.31 Å². The van der Waals surface area contributed by atoms with Gasteiger partial charge in [-0.3, -0.25) is 4.79 Å². The molecule has 0 aliphatic carbocycles. The average Bonchev–Trinajstić information content (AvgIpc) is 3.36. The van der Waals surface area contributed by atoms with Crippen molar-refractivity contribution < 1.29 is 22.7 Å². The van der Waals surface area contributed by atoms with E-state index in [1.165, 1.54) is 36.0 Å². The topological polar surface area (TPSA) is 88.2 Å². The number of amides is 1. The number of aryl methyl sites for hydroxylation is 1. The van der Waals surface area contributed by atoms with Crippen molar-refractivity contribution in [2.24, 2.45) is 0 Å². The van der Waals surface area contributed by atoms with Crippen molar-refractivity contribution in [3.05, 3.63) is 47.5 Å². The summed E-state index contributed by atoms with van der Waals surface area (Å²) in [6.07, 6.45) is 2.48. The molecule has 2 heterocycles. The van der Waals surface area contributed by atoms with Crippen LogP contribution in [0.25, 0.3) is 0 Å². The number of anilines is 2. The van der Waals surface area contributed by atoms with Gasteiger partial charge in [-0.25, -0.2) is 8.42 Å². The molecule has 178 valence electrons. The molecule has 2 aliphatic heterocycles. The number of nitrogens with zero attached hydrogens (tertiary/aromatic N) is 2. The monoisotopic (exact) mass is 473 g/mol. The Kier molecular flexibility index (Phi) is 7.21. The molecule has 2 aromatic carbocycles. The first-order valence-electron chi connectivity index (χ1n) is 11.3. The van der Waals surface area contributed by atoms with E-state index in [9.17, 15) is 13.2 Å². The molecule has 0 saturated carbocycles. The summed E-state index contributed by atoms with van der Waals surface area (Å²) in [4.78, 5) is 15.2. The number of benzene rings is 2. The Morgan fingerprint density at radius 2 is 1.79 bits per heavy atom. The fourth-order valence-corrected chi connectivity index (χ4v) is 5.91. The van der Waals surface area contributed by atoms with Crippen molar-refractivity contribution in [1.82, 2.24) is 4.31 Å². The van der Waals surface area contributed by atoms with Crippen LogP contribution in [-0.4, -0.2) is 65.1 Å². The molecule has 1 amide bonds. The summed E-state index contributed by atoms with van der Waals surface area (Å²) in [6, 6.07) is 10.9. The lowest BCUT2D eigenvalue weighted by Crippen LogP contribution is -2.40. The molecule has 2 aromatic rings. The molecule has 0 unspecified atom stereocenters. The highest BCUT2D eigenvalue weighted by molar-refractivity contribution is 7.89. The number of rotatable bonds is 7. The lowest BCUT2D eigenvalue weighted by molar-refractivity contribution is -0.115. The number of ether oxygens (including phenoxy) is 2. The maximum Gasteiger partial charge on any atom is 0.246 e. The maximum absolute atomic E-state index is 13.2. The third kappa shape index (κ3) is 5.31. The van der Waals surface area contributed by atoms with E-state index in [-0.39, 0.29) is 23.0 Å². The predicted octanol–water partition coefficient (Wildman–Crippen LogP) is 2.81. The molecule has 4 rings (SSSR count). The van der Waals surface area contributed by atoms with Gasteiger partial charge in [0.15, 0.2) is 0 Å². The van der Waals surface area contributed by atoms with Crippen LogP contribution in [-0.2, 0) is 26.0 Å². The third-order valence-electron chi connectivity index (χ3n) is 6.14. The lowest BCUT2D eigenvalue weighted by atomic mass is 10.1. The smallest absolute Gasteiger partial charge is 0.246 e. The van der Waals surface area contributed by atoms with E-state index in [1.807, 2.05) is 19.1 Å². The number of hydrogen-bond donors (Lipinski definition) is 1. The van der Waals surface area contributed by atoms with Crippen molar-refractivity contribution in [2.45, 2.75) is 31.1 Å². The summed E-state index contributed by atoms with van der Waals surface area (Å²) in [5.41, 5.74) is 3.54. The van der Waals surface area contributed by atoms with Gasteiger partial charge < -0.3 is 19.7 Å². The van der Waals surface area contributed by atoms with Gasteiger partial charge in [-0.15, -0.1) is 0 Å². The molecule has 2 saturated heterocycles. The highest BCUT2D eigenvalue weighted by Crippen LogP contribution is 2.29. The first-order chi connectivity index (χ1) is 15.9. The number of nitrogens with one attached hydrogen (secondary N) is 1. The second-order valence-corrected chi connectivity index (χ2v) is 10.3. The van der Waals surface area contributed by atoms with Crippen molar-refractivity contribution in [3.8, 4) is 5.75 Å². The van der Waals surface area contributed by atoms with Crippen LogP contribution in [0.1, 0.15) is 24.0 Å². The molecular formula is C24H31N3O5S. The first kappa shape index (κ1) is 23.5. The Morgan fingerprint density at radius 1 is 1.06 bits per heavy atom. The van der Waals surface area contributed by atoms with E-state index in [0.29, 0.717) is 31.9 Å². The minimum absolute atomic E-state index is 0.0585. The zero-order valence-electron chi connectivity index (χ0n) is 19.2. The molecular weight excluding hydrogens is 442 g/mol. The Morgan fingerprint density at radius 3 is 2.45 bits per heavy atom. The molecule has 0 aromatic heterocycles. The maximum atomic E-state index is 13.2. The summed E-state index contributed by atoms with van der Waals surface area (Å²) >= 11 is 0. The fourth-order valence-electron chi connectivity index (χ4n) is 4.30. The summed E-state index contributed by atoms with van der Waals surface area (Å²) < 4.78 is 38.3. The minimum Gasteiger partial charge on any atom is -0.495 e. The van der Waals surface area contributed by atoms with Crippen LogP contribution in [0.4, 0.5) is 11.4 Å². The van der Waals surface area contributed by atoms with Crippen LogP contribution < -0.4 is 15.0 Å². The largest absolute Gasteiger partial charge is 0.495 e. The molecule has 0 bridgehead atoms. The second-order valence-electron chi connectivity index (χ2n) is 8.42. The quantitative estimate of drug-likeness (QED) is 0.665. The fraction of sp³-hybridized carbons (Fsp3) is 0.458. The van der Waals surface area contributed by atoms with E-state index in [0.717, 1.165) is 24.3 Å². The molecule has 0 atom stereocenters. The van der Waals surface area contributed by atoms with Gasteiger partial charge in [0.1, 0.15) is 10.6 Å². The van der Waals surface area contributed by atoms with Gasteiger partial charge in [0.05, 0.1) is 26.7 Å².